The Morgan fingerprint density at radius 3 is 2.61 bits per heavy atom. The van der Waals surface area contributed by atoms with E-state index in [0.717, 1.165) is 12.1 Å². The normalized spacial score (nSPS) is 12.1. The minimum atomic E-state index is -4.50. The van der Waals surface area contributed by atoms with Crippen molar-refractivity contribution >= 4 is 16.9 Å². The number of halogens is 3. The van der Waals surface area contributed by atoms with Crippen molar-refractivity contribution in [1.82, 2.24) is 4.98 Å². The van der Waals surface area contributed by atoms with Crippen molar-refractivity contribution in [1.29, 1.82) is 0 Å². The van der Waals surface area contributed by atoms with Crippen LogP contribution in [0, 0.1) is 6.92 Å². The van der Waals surface area contributed by atoms with Gasteiger partial charge in [0.25, 0.3) is 0 Å². The lowest BCUT2D eigenvalue weighted by Crippen LogP contribution is -2.06. The molecule has 2 aromatic rings. The molecule has 0 N–H and O–H groups in total. The Bertz CT molecular complexity index is 614. The average molecular weight is 257 g/mol. The van der Waals surface area contributed by atoms with Crippen molar-refractivity contribution in [2.45, 2.75) is 26.4 Å². The van der Waals surface area contributed by atoms with Crippen LogP contribution < -0.4 is 0 Å². The van der Waals surface area contributed by atoms with Gasteiger partial charge in [0.1, 0.15) is 0 Å². The number of furan rings is 1. The monoisotopic (exact) mass is 257 g/mol. The van der Waals surface area contributed by atoms with E-state index in [1.165, 1.54) is 6.92 Å². The topological polar surface area (TPSA) is 43.1 Å². The van der Waals surface area contributed by atoms with E-state index < -0.39 is 11.7 Å². The number of aromatic nitrogens is 1. The van der Waals surface area contributed by atoms with Gasteiger partial charge in [-0.25, -0.2) is 4.98 Å². The van der Waals surface area contributed by atoms with Gasteiger partial charge in [0.05, 0.1) is 10.9 Å². The van der Waals surface area contributed by atoms with Gasteiger partial charge in [-0.1, -0.05) is 6.92 Å². The predicted octanol–water partition coefficient (Wildman–Crippen LogP) is 3.75. The summed E-state index contributed by atoms with van der Waals surface area (Å²) >= 11 is 0. The molecule has 2 aromatic heterocycles. The zero-order chi connectivity index (χ0) is 13.5. The van der Waals surface area contributed by atoms with E-state index in [9.17, 15) is 18.0 Å². The van der Waals surface area contributed by atoms with Crippen molar-refractivity contribution in [3.63, 3.8) is 0 Å². The number of fused-ring (bicyclic) bond motifs is 1. The number of hydrogen-bond acceptors (Lipinski definition) is 3. The molecule has 0 aliphatic rings. The zero-order valence-corrected chi connectivity index (χ0v) is 9.76. The number of alkyl halides is 3. The summed E-state index contributed by atoms with van der Waals surface area (Å²) in [7, 11) is 0. The van der Waals surface area contributed by atoms with Crippen molar-refractivity contribution in [2.24, 2.45) is 0 Å². The molecular weight excluding hydrogens is 247 g/mol. The first-order valence-corrected chi connectivity index (χ1v) is 5.34. The number of nitrogens with zero attached hydrogens (tertiary/aromatic N) is 1. The van der Waals surface area contributed by atoms with Crippen LogP contribution in [0.15, 0.2) is 16.5 Å². The van der Waals surface area contributed by atoms with Crippen LogP contribution in [0.3, 0.4) is 0 Å². The summed E-state index contributed by atoms with van der Waals surface area (Å²) in [5.41, 5.74) is -0.789. The number of Topliss-reactive ketones (excluding diaryl/α,β-unsaturated/α-hetero) is 1. The summed E-state index contributed by atoms with van der Waals surface area (Å²) in [6.45, 7) is 3.05. The Morgan fingerprint density at radius 1 is 1.39 bits per heavy atom. The predicted molar refractivity (Wildman–Crippen MR) is 58.4 cm³/mol. The molecule has 0 fully saturated rings. The number of carbonyl (C=O) groups excluding carboxylic acids is 1. The van der Waals surface area contributed by atoms with Crippen LogP contribution in [-0.4, -0.2) is 10.8 Å². The van der Waals surface area contributed by atoms with E-state index in [1.54, 1.807) is 6.92 Å². The average Bonchev–Trinajstić information content (AvgIpc) is 2.68. The molecule has 2 rings (SSSR count). The summed E-state index contributed by atoms with van der Waals surface area (Å²) in [6.07, 6.45) is -4.33. The second-order valence-corrected chi connectivity index (χ2v) is 3.92. The SMILES string of the molecule is CCC(=O)c1cc2c(C(F)(F)F)cc(C)nc2o1. The minimum Gasteiger partial charge on any atom is -0.435 e. The van der Waals surface area contributed by atoms with E-state index in [1.807, 2.05) is 0 Å². The fraction of sp³-hybridized carbons (Fsp3) is 0.333. The lowest BCUT2D eigenvalue weighted by molar-refractivity contribution is -0.136. The Hall–Kier alpha value is -1.85. The highest BCUT2D eigenvalue weighted by Gasteiger charge is 2.34. The molecule has 0 radical (unpaired) electrons. The van der Waals surface area contributed by atoms with E-state index in [4.69, 9.17) is 4.42 Å². The molecule has 0 atom stereocenters. The summed E-state index contributed by atoms with van der Waals surface area (Å²) in [6, 6.07) is 2.05. The maximum Gasteiger partial charge on any atom is 0.417 e. The third-order valence-corrected chi connectivity index (χ3v) is 2.54. The van der Waals surface area contributed by atoms with E-state index >= 15 is 0 Å². The van der Waals surface area contributed by atoms with Gasteiger partial charge in [-0.05, 0) is 19.1 Å². The van der Waals surface area contributed by atoms with Gasteiger partial charge >= 0.3 is 6.18 Å². The first kappa shape index (κ1) is 12.6. The zero-order valence-electron chi connectivity index (χ0n) is 9.76. The lowest BCUT2D eigenvalue weighted by Gasteiger charge is -2.07. The molecule has 0 amide bonds. The Labute approximate surface area is 101 Å². The Kier molecular flexibility index (Phi) is 2.88. The standard InChI is InChI=1S/C12H10F3NO2/c1-3-9(17)10-5-7-8(12(13,14)15)4-6(2)16-11(7)18-10/h4-5H,3H2,1-2H3. The van der Waals surface area contributed by atoms with Crippen LogP contribution in [0.2, 0.25) is 0 Å². The van der Waals surface area contributed by atoms with Gasteiger partial charge in [0, 0.05) is 12.1 Å². The van der Waals surface area contributed by atoms with Crippen LogP contribution in [0.5, 0.6) is 0 Å². The van der Waals surface area contributed by atoms with Crippen molar-refractivity contribution in [2.75, 3.05) is 0 Å². The molecule has 96 valence electrons. The Balaban J connectivity index is 2.72. The molecule has 0 saturated heterocycles. The Morgan fingerprint density at radius 2 is 2.06 bits per heavy atom. The minimum absolute atomic E-state index is 0.0869. The van der Waals surface area contributed by atoms with E-state index in [0.29, 0.717) is 0 Å². The highest BCUT2D eigenvalue weighted by Crippen LogP contribution is 2.36. The molecule has 2 heterocycles. The first-order valence-electron chi connectivity index (χ1n) is 5.34. The van der Waals surface area contributed by atoms with E-state index in [2.05, 4.69) is 4.98 Å². The number of rotatable bonds is 2. The van der Waals surface area contributed by atoms with Crippen molar-refractivity contribution in [3.05, 3.63) is 29.2 Å². The van der Waals surface area contributed by atoms with Crippen molar-refractivity contribution < 1.29 is 22.4 Å². The maximum atomic E-state index is 12.8. The third kappa shape index (κ3) is 2.10. The number of aryl methyl sites for hydroxylation is 1. The molecule has 0 aliphatic carbocycles. The molecule has 0 aliphatic heterocycles. The van der Waals surface area contributed by atoms with Crippen LogP contribution in [0.4, 0.5) is 13.2 Å². The van der Waals surface area contributed by atoms with Crippen LogP contribution in [0.25, 0.3) is 11.1 Å². The molecular formula is C12H10F3NO2. The lowest BCUT2D eigenvalue weighted by atomic mass is 10.1. The number of hydrogen-bond donors (Lipinski definition) is 0. The molecule has 0 spiro atoms. The molecule has 3 nitrogen and oxygen atoms in total. The van der Waals surface area contributed by atoms with Crippen LogP contribution in [0.1, 0.15) is 35.2 Å². The summed E-state index contributed by atoms with van der Waals surface area (Å²) in [4.78, 5) is 15.3. The second kappa shape index (κ2) is 4.12. The molecule has 6 heteroatoms. The molecule has 0 bridgehead atoms. The van der Waals surface area contributed by atoms with Crippen LogP contribution >= 0.6 is 0 Å². The number of ketones is 1. The van der Waals surface area contributed by atoms with Gasteiger partial charge < -0.3 is 4.42 Å². The second-order valence-electron chi connectivity index (χ2n) is 3.92. The van der Waals surface area contributed by atoms with Gasteiger partial charge in [-0.15, -0.1) is 0 Å². The van der Waals surface area contributed by atoms with E-state index in [-0.39, 0.29) is 34.8 Å². The first-order chi connectivity index (χ1) is 8.32. The van der Waals surface area contributed by atoms with Crippen LogP contribution in [-0.2, 0) is 6.18 Å². The van der Waals surface area contributed by atoms with Gasteiger partial charge in [-0.3, -0.25) is 4.79 Å². The smallest absolute Gasteiger partial charge is 0.417 e. The highest BCUT2D eigenvalue weighted by molar-refractivity contribution is 5.97. The molecule has 18 heavy (non-hydrogen) atoms. The number of carbonyl (C=O) groups is 1. The molecule has 0 unspecified atom stereocenters. The summed E-state index contributed by atoms with van der Waals surface area (Å²) in [5.74, 6) is -0.435. The summed E-state index contributed by atoms with van der Waals surface area (Å²) in [5, 5.41) is -0.176. The maximum absolute atomic E-state index is 12.8. The molecule has 0 aromatic carbocycles. The molecule has 0 saturated carbocycles. The van der Waals surface area contributed by atoms with Gasteiger partial charge in [0.15, 0.2) is 11.5 Å². The highest BCUT2D eigenvalue weighted by atomic mass is 19.4. The third-order valence-electron chi connectivity index (χ3n) is 2.54. The van der Waals surface area contributed by atoms with Gasteiger partial charge in [0.2, 0.25) is 5.71 Å². The fourth-order valence-electron chi connectivity index (χ4n) is 1.68. The summed E-state index contributed by atoms with van der Waals surface area (Å²) < 4.78 is 43.6. The number of pyridine rings is 1. The quantitative estimate of drug-likeness (QED) is 0.769. The van der Waals surface area contributed by atoms with Crippen molar-refractivity contribution in [3.8, 4) is 0 Å². The largest absolute Gasteiger partial charge is 0.435 e. The van der Waals surface area contributed by atoms with Gasteiger partial charge in [-0.2, -0.15) is 13.2 Å². The fourth-order valence-corrected chi connectivity index (χ4v) is 1.68.